The summed E-state index contributed by atoms with van der Waals surface area (Å²) in [6.07, 6.45) is 2.62. The number of methoxy groups -OCH3 is 1. The van der Waals surface area contributed by atoms with E-state index < -0.39 is 0 Å². The van der Waals surface area contributed by atoms with Gasteiger partial charge in [-0.2, -0.15) is 0 Å². The summed E-state index contributed by atoms with van der Waals surface area (Å²) in [5.41, 5.74) is 2.54. The van der Waals surface area contributed by atoms with Crippen molar-refractivity contribution >= 4 is 0 Å². The van der Waals surface area contributed by atoms with Crippen LogP contribution in [0.1, 0.15) is 22.9 Å². The molecule has 0 fully saturated rings. The summed E-state index contributed by atoms with van der Waals surface area (Å²) in [6, 6.07) is 22.9. The summed E-state index contributed by atoms with van der Waals surface area (Å²) < 4.78 is 10.6. The molecule has 0 saturated carbocycles. The number of rotatable bonds is 7. The highest BCUT2D eigenvalue weighted by Gasteiger charge is 2.12. The lowest BCUT2D eigenvalue weighted by Crippen LogP contribution is -2.22. The largest absolute Gasteiger partial charge is 0.497 e. The van der Waals surface area contributed by atoms with E-state index in [0.29, 0.717) is 6.54 Å². The van der Waals surface area contributed by atoms with Crippen molar-refractivity contribution in [2.24, 2.45) is 0 Å². The molecule has 0 unspecified atom stereocenters. The van der Waals surface area contributed by atoms with Crippen molar-refractivity contribution in [1.82, 2.24) is 5.32 Å². The molecule has 118 valence electrons. The van der Waals surface area contributed by atoms with Crippen molar-refractivity contribution in [2.45, 2.75) is 19.0 Å². The molecule has 3 nitrogen and oxygen atoms in total. The maximum atomic E-state index is 5.42. The van der Waals surface area contributed by atoms with Gasteiger partial charge >= 0.3 is 0 Å². The zero-order chi connectivity index (χ0) is 15.9. The third kappa shape index (κ3) is 4.24. The van der Waals surface area contributed by atoms with Crippen LogP contribution in [0.5, 0.6) is 5.75 Å². The van der Waals surface area contributed by atoms with E-state index >= 15 is 0 Å². The Labute approximate surface area is 136 Å². The van der Waals surface area contributed by atoms with Crippen molar-refractivity contribution in [2.75, 3.05) is 7.11 Å². The number of hydrogen-bond acceptors (Lipinski definition) is 3. The first-order valence-electron chi connectivity index (χ1n) is 7.79. The maximum absolute atomic E-state index is 5.42. The van der Waals surface area contributed by atoms with E-state index in [0.717, 1.165) is 17.9 Å². The molecule has 0 aliphatic carbocycles. The van der Waals surface area contributed by atoms with Crippen LogP contribution in [0.4, 0.5) is 0 Å². The Hall–Kier alpha value is -2.52. The van der Waals surface area contributed by atoms with Crippen molar-refractivity contribution in [1.29, 1.82) is 0 Å². The van der Waals surface area contributed by atoms with E-state index in [1.807, 2.05) is 30.3 Å². The van der Waals surface area contributed by atoms with E-state index in [1.165, 1.54) is 11.1 Å². The van der Waals surface area contributed by atoms with Crippen LogP contribution in [-0.2, 0) is 13.0 Å². The molecule has 0 spiro atoms. The molecule has 0 aliphatic heterocycles. The van der Waals surface area contributed by atoms with Crippen LogP contribution < -0.4 is 10.1 Å². The molecule has 1 atom stereocenters. The van der Waals surface area contributed by atoms with E-state index in [9.17, 15) is 0 Å². The Balaban J connectivity index is 1.73. The highest BCUT2D eigenvalue weighted by molar-refractivity contribution is 5.29. The van der Waals surface area contributed by atoms with Gasteiger partial charge in [-0.05, 0) is 41.8 Å². The first-order valence-corrected chi connectivity index (χ1v) is 7.79. The number of nitrogens with one attached hydrogen (secondary N) is 1. The van der Waals surface area contributed by atoms with E-state index in [1.54, 1.807) is 13.4 Å². The minimum atomic E-state index is 0.231. The van der Waals surface area contributed by atoms with E-state index in [2.05, 4.69) is 41.7 Å². The van der Waals surface area contributed by atoms with E-state index in [-0.39, 0.29) is 6.04 Å². The lowest BCUT2D eigenvalue weighted by molar-refractivity contribution is 0.414. The predicted molar refractivity (Wildman–Crippen MR) is 91.4 cm³/mol. The molecule has 2 aromatic carbocycles. The molecule has 1 aromatic heterocycles. The Kier molecular flexibility index (Phi) is 5.12. The standard InChI is InChI=1S/C20H21NO2/c1-22-18-11-9-16(10-12-18)14-20(17-6-3-2-4-7-17)21-15-19-8-5-13-23-19/h2-13,20-21H,14-15H2,1H3/t20-/m1/s1. The van der Waals surface area contributed by atoms with Gasteiger partial charge in [-0.15, -0.1) is 0 Å². The van der Waals surface area contributed by atoms with Crippen molar-refractivity contribution in [3.05, 3.63) is 89.9 Å². The molecule has 1 heterocycles. The smallest absolute Gasteiger partial charge is 0.118 e. The second-order valence-corrected chi connectivity index (χ2v) is 5.48. The predicted octanol–water partition coefficient (Wildman–Crippen LogP) is 4.36. The zero-order valence-corrected chi connectivity index (χ0v) is 13.2. The number of benzene rings is 2. The highest BCUT2D eigenvalue weighted by atomic mass is 16.5. The Morgan fingerprint density at radius 2 is 1.74 bits per heavy atom. The molecule has 3 heteroatoms. The fourth-order valence-corrected chi connectivity index (χ4v) is 2.63. The second-order valence-electron chi connectivity index (χ2n) is 5.48. The van der Waals surface area contributed by atoms with Crippen LogP contribution in [0.2, 0.25) is 0 Å². The summed E-state index contributed by atoms with van der Waals surface area (Å²) >= 11 is 0. The monoisotopic (exact) mass is 307 g/mol. The molecule has 0 aliphatic rings. The van der Waals surface area contributed by atoms with Gasteiger partial charge in [-0.1, -0.05) is 42.5 Å². The minimum absolute atomic E-state index is 0.231. The number of furan rings is 1. The Morgan fingerprint density at radius 1 is 0.957 bits per heavy atom. The first kappa shape index (κ1) is 15.4. The molecule has 0 amide bonds. The van der Waals surface area contributed by atoms with Gasteiger partial charge in [0.1, 0.15) is 11.5 Å². The molecule has 0 radical (unpaired) electrons. The minimum Gasteiger partial charge on any atom is -0.497 e. The van der Waals surface area contributed by atoms with Gasteiger partial charge in [0.2, 0.25) is 0 Å². The van der Waals surface area contributed by atoms with Crippen molar-refractivity contribution in [3.8, 4) is 5.75 Å². The summed E-state index contributed by atoms with van der Waals surface area (Å²) in [6.45, 7) is 0.711. The molecule has 23 heavy (non-hydrogen) atoms. The van der Waals surface area contributed by atoms with Gasteiger partial charge in [0.15, 0.2) is 0 Å². The Morgan fingerprint density at radius 3 is 2.39 bits per heavy atom. The third-order valence-electron chi connectivity index (χ3n) is 3.90. The maximum Gasteiger partial charge on any atom is 0.118 e. The van der Waals surface area contributed by atoms with Gasteiger partial charge in [-0.3, -0.25) is 0 Å². The van der Waals surface area contributed by atoms with Gasteiger partial charge in [-0.25, -0.2) is 0 Å². The lowest BCUT2D eigenvalue weighted by atomic mass is 9.98. The zero-order valence-electron chi connectivity index (χ0n) is 13.2. The molecule has 3 rings (SSSR count). The van der Waals surface area contributed by atoms with Gasteiger partial charge < -0.3 is 14.5 Å². The highest BCUT2D eigenvalue weighted by Crippen LogP contribution is 2.21. The number of ether oxygens (including phenoxy) is 1. The van der Waals surface area contributed by atoms with Crippen LogP contribution in [0.15, 0.2) is 77.4 Å². The van der Waals surface area contributed by atoms with Crippen LogP contribution in [0, 0.1) is 0 Å². The van der Waals surface area contributed by atoms with Gasteiger partial charge in [0.25, 0.3) is 0 Å². The number of hydrogen-bond donors (Lipinski definition) is 1. The van der Waals surface area contributed by atoms with E-state index in [4.69, 9.17) is 9.15 Å². The lowest BCUT2D eigenvalue weighted by Gasteiger charge is -2.19. The summed E-state index contributed by atoms with van der Waals surface area (Å²) in [5.74, 6) is 1.83. The molecular formula is C20H21NO2. The molecule has 0 saturated heterocycles. The van der Waals surface area contributed by atoms with Gasteiger partial charge in [0.05, 0.1) is 19.9 Å². The van der Waals surface area contributed by atoms with Crippen LogP contribution in [0.3, 0.4) is 0 Å². The fourth-order valence-electron chi connectivity index (χ4n) is 2.63. The van der Waals surface area contributed by atoms with Crippen LogP contribution in [-0.4, -0.2) is 7.11 Å². The summed E-state index contributed by atoms with van der Waals surface area (Å²) in [5, 5.41) is 3.59. The average Bonchev–Trinajstić information content (AvgIpc) is 3.13. The molecule has 0 bridgehead atoms. The van der Waals surface area contributed by atoms with Crippen molar-refractivity contribution in [3.63, 3.8) is 0 Å². The average molecular weight is 307 g/mol. The molecule has 3 aromatic rings. The third-order valence-corrected chi connectivity index (χ3v) is 3.90. The summed E-state index contributed by atoms with van der Waals surface area (Å²) in [4.78, 5) is 0. The summed E-state index contributed by atoms with van der Waals surface area (Å²) in [7, 11) is 1.69. The van der Waals surface area contributed by atoms with Gasteiger partial charge in [0, 0.05) is 6.04 Å². The Bertz CT molecular complexity index is 690. The van der Waals surface area contributed by atoms with Crippen LogP contribution >= 0.6 is 0 Å². The normalized spacial score (nSPS) is 12.0. The quantitative estimate of drug-likeness (QED) is 0.704. The van der Waals surface area contributed by atoms with Crippen molar-refractivity contribution < 1.29 is 9.15 Å². The molecule has 1 N–H and O–H groups in total. The SMILES string of the molecule is COc1ccc(C[C@@H](NCc2ccco2)c2ccccc2)cc1. The fraction of sp³-hybridized carbons (Fsp3) is 0.200. The molecular weight excluding hydrogens is 286 g/mol. The topological polar surface area (TPSA) is 34.4 Å². The van der Waals surface area contributed by atoms with Crippen LogP contribution in [0.25, 0.3) is 0 Å². The first-order chi connectivity index (χ1) is 11.3. The second kappa shape index (κ2) is 7.65.